The van der Waals surface area contributed by atoms with Gasteiger partial charge in [-0.3, -0.25) is 4.79 Å². The van der Waals surface area contributed by atoms with E-state index in [0.29, 0.717) is 12.1 Å². The van der Waals surface area contributed by atoms with Gasteiger partial charge in [0.2, 0.25) is 0 Å². The molecule has 110 valence electrons. The van der Waals surface area contributed by atoms with Gasteiger partial charge in [0.25, 0.3) is 5.91 Å². The first kappa shape index (κ1) is 12.8. The standard InChI is InChI=1S/C16H20N4O/c21-16(12-11-18-20-10-2-1-6-14(12)20)19-9-4-7-15(19)13-5-3-8-17-13/h1-2,6,10-11,13,15,17H,3-5,7-9H2. The molecule has 1 N–H and O–H groups in total. The molecule has 0 bridgehead atoms. The minimum atomic E-state index is 0.132. The Morgan fingerprint density at radius 1 is 1.29 bits per heavy atom. The van der Waals surface area contributed by atoms with Crippen LogP contribution < -0.4 is 5.32 Å². The van der Waals surface area contributed by atoms with E-state index < -0.39 is 0 Å². The number of nitrogens with zero attached hydrogens (tertiary/aromatic N) is 3. The van der Waals surface area contributed by atoms with Crippen molar-refractivity contribution in [1.29, 1.82) is 0 Å². The highest BCUT2D eigenvalue weighted by Crippen LogP contribution is 2.27. The number of fused-ring (bicyclic) bond motifs is 1. The third-order valence-electron chi connectivity index (χ3n) is 4.78. The molecule has 5 heteroatoms. The molecule has 1 amide bonds. The molecule has 0 radical (unpaired) electrons. The van der Waals surface area contributed by atoms with Gasteiger partial charge in [-0.2, -0.15) is 5.10 Å². The van der Waals surface area contributed by atoms with E-state index in [1.165, 1.54) is 12.8 Å². The van der Waals surface area contributed by atoms with Gasteiger partial charge in [0.05, 0.1) is 17.3 Å². The highest BCUT2D eigenvalue weighted by molar-refractivity contribution is 6.00. The molecule has 2 unspecified atom stereocenters. The Hall–Kier alpha value is -1.88. The Morgan fingerprint density at radius 2 is 2.24 bits per heavy atom. The maximum Gasteiger partial charge on any atom is 0.257 e. The predicted octanol–water partition coefficient (Wildman–Crippen LogP) is 1.69. The first-order valence-electron chi connectivity index (χ1n) is 7.81. The smallest absolute Gasteiger partial charge is 0.257 e. The van der Waals surface area contributed by atoms with E-state index in [1.54, 1.807) is 10.7 Å². The molecule has 2 aromatic heterocycles. The minimum Gasteiger partial charge on any atom is -0.334 e. The van der Waals surface area contributed by atoms with Gasteiger partial charge in [0.15, 0.2) is 0 Å². The van der Waals surface area contributed by atoms with Crippen molar-refractivity contribution in [1.82, 2.24) is 19.8 Å². The van der Waals surface area contributed by atoms with Crippen molar-refractivity contribution in [2.75, 3.05) is 13.1 Å². The zero-order valence-corrected chi connectivity index (χ0v) is 12.0. The largest absolute Gasteiger partial charge is 0.334 e. The number of aromatic nitrogens is 2. The first-order valence-corrected chi connectivity index (χ1v) is 7.81. The van der Waals surface area contributed by atoms with Gasteiger partial charge in [-0.05, 0) is 44.4 Å². The fourth-order valence-corrected chi connectivity index (χ4v) is 3.76. The van der Waals surface area contributed by atoms with E-state index in [0.717, 1.165) is 37.0 Å². The zero-order chi connectivity index (χ0) is 14.2. The second-order valence-electron chi connectivity index (χ2n) is 6.00. The summed E-state index contributed by atoms with van der Waals surface area (Å²) >= 11 is 0. The number of carbonyl (C=O) groups is 1. The quantitative estimate of drug-likeness (QED) is 0.913. The molecule has 21 heavy (non-hydrogen) atoms. The van der Waals surface area contributed by atoms with Crippen molar-refractivity contribution < 1.29 is 4.79 Å². The van der Waals surface area contributed by atoms with E-state index in [9.17, 15) is 4.79 Å². The van der Waals surface area contributed by atoms with E-state index >= 15 is 0 Å². The molecule has 2 saturated heterocycles. The van der Waals surface area contributed by atoms with Gasteiger partial charge in [-0.25, -0.2) is 4.52 Å². The fraction of sp³-hybridized carbons (Fsp3) is 0.500. The van der Waals surface area contributed by atoms with Crippen molar-refractivity contribution in [3.05, 3.63) is 36.2 Å². The van der Waals surface area contributed by atoms with Crippen LogP contribution in [0.4, 0.5) is 0 Å². The molecule has 2 fully saturated rings. The van der Waals surface area contributed by atoms with Crippen LogP contribution in [0.1, 0.15) is 36.0 Å². The van der Waals surface area contributed by atoms with Crippen LogP contribution in [0, 0.1) is 0 Å². The lowest BCUT2D eigenvalue weighted by Gasteiger charge is -2.29. The lowest BCUT2D eigenvalue weighted by molar-refractivity contribution is 0.0713. The predicted molar refractivity (Wildman–Crippen MR) is 80.3 cm³/mol. The topological polar surface area (TPSA) is 49.6 Å². The molecule has 0 aliphatic carbocycles. The molecule has 0 saturated carbocycles. The molecule has 2 atom stereocenters. The second-order valence-corrected chi connectivity index (χ2v) is 6.00. The number of rotatable bonds is 2. The third-order valence-corrected chi connectivity index (χ3v) is 4.78. The van der Waals surface area contributed by atoms with Crippen LogP contribution in [-0.4, -0.2) is 45.6 Å². The molecular formula is C16H20N4O. The van der Waals surface area contributed by atoms with Gasteiger partial charge in [-0.1, -0.05) is 6.07 Å². The monoisotopic (exact) mass is 284 g/mol. The fourth-order valence-electron chi connectivity index (χ4n) is 3.76. The van der Waals surface area contributed by atoms with Crippen molar-refractivity contribution in [2.24, 2.45) is 0 Å². The first-order chi connectivity index (χ1) is 10.3. The van der Waals surface area contributed by atoms with Crippen molar-refractivity contribution >= 4 is 11.4 Å². The summed E-state index contributed by atoms with van der Waals surface area (Å²) in [5.41, 5.74) is 1.62. The molecule has 0 spiro atoms. The summed E-state index contributed by atoms with van der Waals surface area (Å²) in [6, 6.07) is 6.65. The average molecular weight is 284 g/mol. The van der Waals surface area contributed by atoms with Crippen LogP contribution in [0.3, 0.4) is 0 Å². The van der Waals surface area contributed by atoms with Crippen LogP contribution in [0.5, 0.6) is 0 Å². The van der Waals surface area contributed by atoms with E-state index in [2.05, 4.69) is 15.3 Å². The van der Waals surface area contributed by atoms with Crippen LogP contribution in [0.25, 0.3) is 5.52 Å². The molecule has 4 rings (SSSR count). The van der Waals surface area contributed by atoms with E-state index in [4.69, 9.17) is 0 Å². The van der Waals surface area contributed by atoms with Gasteiger partial charge >= 0.3 is 0 Å². The number of carbonyl (C=O) groups excluding carboxylic acids is 1. The maximum absolute atomic E-state index is 12.9. The van der Waals surface area contributed by atoms with Gasteiger partial charge in [0, 0.05) is 24.8 Å². The molecule has 2 aliphatic heterocycles. The van der Waals surface area contributed by atoms with Gasteiger partial charge < -0.3 is 10.2 Å². The summed E-state index contributed by atoms with van der Waals surface area (Å²) in [5.74, 6) is 0.132. The van der Waals surface area contributed by atoms with Crippen LogP contribution in [0.2, 0.25) is 0 Å². The summed E-state index contributed by atoms with van der Waals surface area (Å²) < 4.78 is 1.77. The summed E-state index contributed by atoms with van der Waals surface area (Å²) in [7, 11) is 0. The zero-order valence-electron chi connectivity index (χ0n) is 12.0. The van der Waals surface area contributed by atoms with Crippen LogP contribution >= 0.6 is 0 Å². The lowest BCUT2D eigenvalue weighted by Crippen LogP contribution is -2.46. The summed E-state index contributed by atoms with van der Waals surface area (Å²) in [6.45, 7) is 1.95. The van der Waals surface area contributed by atoms with Crippen LogP contribution in [0.15, 0.2) is 30.6 Å². The number of hydrogen-bond acceptors (Lipinski definition) is 3. The molecule has 4 heterocycles. The Bertz CT molecular complexity index is 659. The SMILES string of the molecule is O=C(c1cnn2ccccc12)N1CCCC1C1CCCN1. The average Bonchev–Trinajstić information content (AvgIpc) is 3.25. The van der Waals surface area contributed by atoms with Crippen molar-refractivity contribution in [3.8, 4) is 0 Å². The number of likely N-dealkylation sites (tertiary alicyclic amines) is 1. The third kappa shape index (κ3) is 2.12. The number of amides is 1. The van der Waals surface area contributed by atoms with E-state index in [1.807, 2.05) is 24.4 Å². The Morgan fingerprint density at radius 3 is 3.10 bits per heavy atom. The maximum atomic E-state index is 12.9. The summed E-state index contributed by atoms with van der Waals surface area (Å²) in [4.78, 5) is 15.0. The van der Waals surface area contributed by atoms with Crippen molar-refractivity contribution in [3.63, 3.8) is 0 Å². The normalized spacial score (nSPS) is 25.8. The summed E-state index contributed by atoms with van der Waals surface area (Å²) in [6.07, 6.45) is 8.21. The van der Waals surface area contributed by atoms with Gasteiger partial charge in [0.1, 0.15) is 0 Å². The second kappa shape index (κ2) is 5.15. The highest BCUT2D eigenvalue weighted by atomic mass is 16.2. The van der Waals surface area contributed by atoms with Crippen molar-refractivity contribution in [2.45, 2.75) is 37.8 Å². The molecule has 5 nitrogen and oxygen atoms in total. The van der Waals surface area contributed by atoms with Gasteiger partial charge in [-0.15, -0.1) is 0 Å². The Kier molecular flexibility index (Phi) is 3.15. The molecular weight excluding hydrogens is 264 g/mol. The van der Waals surface area contributed by atoms with E-state index in [-0.39, 0.29) is 5.91 Å². The minimum absolute atomic E-state index is 0.132. The molecule has 0 aromatic carbocycles. The molecule has 2 aliphatic rings. The summed E-state index contributed by atoms with van der Waals surface area (Å²) in [5, 5.41) is 7.84. The van der Waals surface area contributed by atoms with Crippen LogP contribution in [-0.2, 0) is 0 Å². The lowest BCUT2D eigenvalue weighted by atomic mass is 10.0. The number of pyridine rings is 1. The highest BCUT2D eigenvalue weighted by Gasteiger charge is 2.36. The molecule has 2 aromatic rings. The number of hydrogen-bond donors (Lipinski definition) is 1. The Labute approximate surface area is 123 Å². The number of nitrogens with one attached hydrogen (secondary N) is 1. The Balaban J connectivity index is 1.64.